The molecule has 2 amide bonds. The summed E-state index contributed by atoms with van der Waals surface area (Å²) in [7, 11) is 3.27. The van der Waals surface area contributed by atoms with Gasteiger partial charge in [0.15, 0.2) is 11.5 Å². The van der Waals surface area contributed by atoms with E-state index >= 15 is 0 Å². The number of rotatable bonds is 12. The lowest BCUT2D eigenvalue weighted by atomic mass is 9.49. The summed E-state index contributed by atoms with van der Waals surface area (Å²) in [5.74, 6) is 3.77. The average molecular weight is 553 g/mol. The number of benzene rings is 1. The van der Waals surface area contributed by atoms with Crippen molar-refractivity contribution < 1.29 is 19.1 Å². The minimum Gasteiger partial charge on any atom is -0.493 e. The summed E-state index contributed by atoms with van der Waals surface area (Å²) >= 11 is 1.66. The van der Waals surface area contributed by atoms with Gasteiger partial charge in [-0.05, 0) is 105 Å². The molecule has 0 aliphatic heterocycles. The zero-order valence-electron chi connectivity index (χ0n) is 24.0. The van der Waals surface area contributed by atoms with E-state index in [1.54, 1.807) is 25.6 Å². The van der Waals surface area contributed by atoms with Crippen molar-refractivity contribution in [2.75, 3.05) is 27.3 Å². The molecule has 4 saturated carbocycles. The Labute approximate surface area is 237 Å². The van der Waals surface area contributed by atoms with E-state index in [1.807, 2.05) is 39.4 Å². The summed E-state index contributed by atoms with van der Waals surface area (Å²) in [6, 6.07) is 10.1. The summed E-state index contributed by atoms with van der Waals surface area (Å²) in [6.45, 7) is 5.53. The highest BCUT2D eigenvalue weighted by atomic mass is 32.1. The molecule has 212 valence electrons. The molecule has 0 saturated heterocycles. The van der Waals surface area contributed by atoms with Crippen molar-refractivity contribution in [3.05, 3.63) is 46.2 Å². The first-order valence-electron chi connectivity index (χ1n) is 14.7. The quantitative estimate of drug-likeness (QED) is 0.316. The topological polar surface area (TPSA) is 59.1 Å². The molecule has 1 aromatic heterocycles. The van der Waals surface area contributed by atoms with Crippen molar-refractivity contribution in [2.24, 2.45) is 23.2 Å². The predicted octanol–water partition coefficient (Wildman–Crippen LogP) is 6.18. The molecule has 0 N–H and O–H groups in total. The Morgan fingerprint density at radius 3 is 2.26 bits per heavy atom. The van der Waals surface area contributed by atoms with Crippen molar-refractivity contribution in [1.29, 1.82) is 0 Å². The molecule has 1 aromatic carbocycles. The van der Waals surface area contributed by atoms with Gasteiger partial charge >= 0.3 is 0 Å². The lowest BCUT2D eigenvalue weighted by Crippen LogP contribution is -2.57. The van der Waals surface area contributed by atoms with Gasteiger partial charge in [-0.25, -0.2) is 0 Å². The van der Waals surface area contributed by atoms with Crippen molar-refractivity contribution >= 4 is 23.2 Å². The number of carbonyl (C=O) groups excluding carboxylic acids is 2. The molecule has 6 rings (SSSR count). The van der Waals surface area contributed by atoms with Crippen molar-refractivity contribution in [3.8, 4) is 11.5 Å². The molecular weight excluding hydrogens is 508 g/mol. The van der Waals surface area contributed by atoms with Gasteiger partial charge in [-0.2, -0.15) is 0 Å². The standard InChI is InChI=1S/C32H44N2O4S/c1-5-22(2)34(31(36)32-17-24-13-25(18-32)15-26(14-24)19-32)21-30(35)33(20-27-7-6-12-39-27)11-10-23-8-9-28(37-3)29(16-23)38-4/h6-9,12,16,22,24-26H,5,10-11,13-15,17-21H2,1-4H3. The normalized spacial score (nSPS) is 25.8. The number of ether oxygens (including phenoxy) is 2. The minimum atomic E-state index is -0.239. The maximum Gasteiger partial charge on any atom is 0.242 e. The number of methoxy groups -OCH3 is 2. The smallest absolute Gasteiger partial charge is 0.242 e. The van der Waals surface area contributed by atoms with Crippen LogP contribution in [0.15, 0.2) is 35.7 Å². The van der Waals surface area contributed by atoms with Crippen LogP contribution in [0, 0.1) is 23.2 Å². The van der Waals surface area contributed by atoms with Gasteiger partial charge in [0.1, 0.15) is 6.54 Å². The third-order valence-electron chi connectivity index (χ3n) is 9.58. The van der Waals surface area contributed by atoms with Crippen LogP contribution in [0.2, 0.25) is 0 Å². The van der Waals surface area contributed by atoms with Crippen LogP contribution >= 0.6 is 11.3 Å². The van der Waals surface area contributed by atoms with Gasteiger partial charge in [-0.3, -0.25) is 9.59 Å². The van der Waals surface area contributed by atoms with Gasteiger partial charge < -0.3 is 19.3 Å². The number of thiophene rings is 1. The predicted molar refractivity (Wildman–Crippen MR) is 155 cm³/mol. The van der Waals surface area contributed by atoms with Gasteiger partial charge in [0.05, 0.1) is 26.2 Å². The molecule has 4 aliphatic rings. The molecule has 1 heterocycles. The Kier molecular flexibility index (Phi) is 8.55. The zero-order valence-corrected chi connectivity index (χ0v) is 24.8. The molecule has 4 aliphatic carbocycles. The Morgan fingerprint density at radius 2 is 1.69 bits per heavy atom. The van der Waals surface area contributed by atoms with Crippen LogP contribution in [0.5, 0.6) is 11.5 Å². The van der Waals surface area contributed by atoms with Crippen LogP contribution in [0.1, 0.15) is 69.2 Å². The van der Waals surface area contributed by atoms with Crippen LogP contribution in [0.25, 0.3) is 0 Å². The zero-order chi connectivity index (χ0) is 27.6. The second kappa shape index (κ2) is 11.9. The third-order valence-corrected chi connectivity index (χ3v) is 10.4. The molecule has 4 fully saturated rings. The minimum absolute atomic E-state index is 0.0299. The molecule has 39 heavy (non-hydrogen) atoms. The largest absolute Gasteiger partial charge is 0.493 e. The second-order valence-electron chi connectivity index (χ2n) is 12.2. The number of hydrogen-bond donors (Lipinski definition) is 0. The van der Waals surface area contributed by atoms with Crippen LogP contribution in [-0.2, 0) is 22.6 Å². The lowest BCUT2D eigenvalue weighted by molar-refractivity contribution is -0.162. The highest BCUT2D eigenvalue weighted by Gasteiger charge is 2.56. The molecule has 4 bridgehead atoms. The maximum absolute atomic E-state index is 14.3. The Balaban J connectivity index is 1.33. The monoisotopic (exact) mass is 552 g/mol. The Hall–Kier alpha value is -2.54. The maximum atomic E-state index is 14.3. The highest BCUT2D eigenvalue weighted by Crippen LogP contribution is 2.60. The van der Waals surface area contributed by atoms with E-state index in [2.05, 4.69) is 19.9 Å². The molecule has 2 aromatic rings. The van der Waals surface area contributed by atoms with E-state index in [1.165, 1.54) is 19.3 Å². The van der Waals surface area contributed by atoms with Gasteiger partial charge in [0.25, 0.3) is 0 Å². The third kappa shape index (κ3) is 5.98. The molecule has 0 spiro atoms. The summed E-state index contributed by atoms with van der Waals surface area (Å²) in [4.78, 5) is 33.3. The lowest BCUT2D eigenvalue weighted by Gasteiger charge is -2.57. The fraction of sp³-hybridized carbons (Fsp3) is 0.625. The number of amides is 2. The van der Waals surface area contributed by atoms with Gasteiger partial charge in [0, 0.05) is 17.5 Å². The summed E-state index contributed by atoms with van der Waals surface area (Å²) in [5.41, 5.74) is 0.844. The van der Waals surface area contributed by atoms with Crippen LogP contribution in [-0.4, -0.2) is 55.0 Å². The van der Waals surface area contributed by atoms with Gasteiger partial charge in [-0.1, -0.05) is 19.1 Å². The van der Waals surface area contributed by atoms with Crippen LogP contribution < -0.4 is 9.47 Å². The molecule has 7 heteroatoms. The fourth-order valence-corrected chi connectivity index (χ4v) is 8.47. The first-order chi connectivity index (χ1) is 18.8. The van der Waals surface area contributed by atoms with Crippen molar-refractivity contribution in [3.63, 3.8) is 0 Å². The number of carbonyl (C=O) groups is 2. The van der Waals surface area contributed by atoms with E-state index in [-0.39, 0.29) is 29.8 Å². The molecule has 1 atom stereocenters. The first-order valence-corrected chi connectivity index (χ1v) is 15.5. The highest BCUT2D eigenvalue weighted by molar-refractivity contribution is 7.09. The van der Waals surface area contributed by atoms with E-state index < -0.39 is 0 Å². The molecule has 1 unspecified atom stereocenters. The molecule has 0 radical (unpaired) electrons. The fourth-order valence-electron chi connectivity index (χ4n) is 7.75. The molecule has 6 nitrogen and oxygen atoms in total. The van der Waals surface area contributed by atoms with E-state index in [9.17, 15) is 9.59 Å². The van der Waals surface area contributed by atoms with E-state index in [4.69, 9.17) is 9.47 Å². The van der Waals surface area contributed by atoms with Gasteiger partial charge in [-0.15, -0.1) is 11.3 Å². The van der Waals surface area contributed by atoms with E-state index in [0.717, 1.165) is 36.1 Å². The van der Waals surface area contributed by atoms with Crippen molar-refractivity contribution in [1.82, 2.24) is 9.80 Å². The first kappa shape index (κ1) is 28.0. The van der Waals surface area contributed by atoms with Gasteiger partial charge in [0.2, 0.25) is 11.8 Å². The summed E-state index contributed by atoms with van der Waals surface area (Å²) in [6.07, 6.45) is 8.54. The SMILES string of the molecule is CCC(C)N(CC(=O)N(CCc1ccc(OC)c(OC)c1)Cc1cccs1)C(=O)C12CC3CC(CC(C3)C1)C2. The van der Waals surface area contributed by atoms with Crippen LogP contribution in [0.3, 0.4) is 0 Å². The summed E-state index contributed by atoms with van der Waals surface area (Å²) < 4.78 is 10.9. The van der Waals surface area contributed by atoms with E-state index in [0.29, 0.717) is 48.8 Å². The summed E-state index contributed by atoms with van der Waals surface area (Å²) in [5, 5.41) is 2.05. The Morgan fingerprint density at radius 1 is 1.03 bits per heavy atom. The Bertz CT molecular complexity index is 1110. The van der Waals surface area contributed by atoms with Crippen molar-refractivity contribution in [2.45, 2.75) is 77.8 Å². The average Bonchev–Trinajstić information content (AvgIpc) is 3.45. The number of hydrogen-bond acceptors (Lipinski definition) is 5. The molecular formula is C32H44N2O4S. The second-order valence-corrected chi connectivity index (χ2v) is 13.3. The number of nitrogens with zero attached hydrogens (tertiary/aromatic N) is 2. The van der Waals surface area contributed by atoms with Crippen LogP contribution in [0.4, 0.5) is 0 Å².